The van der Waals surface area contributed by atoms with Gasteiger partial charge in [0.15, 0.2) is 0 Å². The molecule has 0 aliphatic heterocycles. The monoisotopic (exact) mass is 213 g/mol. The second-order valence-corrected chi connectivity index (χ2v) is 4.48. The molecule has 0 fully saturated rings. The van der Waals surface area contributed by atoms with Gasteiger partial charge in [0, 0.05) is 10.6 Å². The lowest BCUT2D eigenvalue weighted by atomic mass is 10.1. The van der Waals surface area contributed by atoms with Crippen LogP contribution in [-0.4, -0.2) is 12.1 Å². The number of ether oxygens (including phenoxy) is 1. The van der Waals surface area contributed by atoms with Gasteiger partial charge in [-0.1, -0.05) is 29.8 Å². The van der Waals surface area contributed by atoms with Gasteiger partial charge in [0.25, 0.3) is 0 Å². The molecule has 3 heteroatoms. The molecule has 0 saturated heterocycles. The van der Waals surface area contributed by atoms with Crippen molar-refractivity contribution >= 4 is 11.6 Å². The molecule has 0 radical (unpaired) electrons. The molecule has 1 rings (SSSR count). The number of benzene rings is 1. The average molecular weight is 214 g/mol. The summed E-state index contributed by atoms with van der Waals surface area (Å²) >= 11 is 5.96. The highest BCUT2D eigenvalue weighted by molar-refractivity contribution is 6.31. The summed E-state index contributed by atoms with van der Waals surface area (Å²) in [5, 5.41) is 0.738. The average Bonchev–Trinajstić information content (AvgIpc) is 2.06. The first-order valence-electron chi connectivity index (χ1n) is 4.59. The lowest BCUT2D eigenvalue weighted by molar-refractivity contribution is 0.0851. The van der Waals surface area contributed by atoms with Crippen LogP contribution in [0.15, 0.2) is 24.3 Å². The van der Waals surface area contributed by atoms with Crippen molar-refractivity contribution in [2.75, 3.05) is 6.61 Å². The summed E-state index contributed by atoms with van der Waals surface area (Å²) in [5.41, 5.74) is 6.49. The minimum absolute atomic E-state index is 0.290. The molecule has 2 nitrogen and oxygen atoms in total. The maximum atomic E-state index is 5.96. The molecule has 1 aromatic rings. The Morgan fingerprint density at radius 3 is 2.57 bits per heavy atom. The molecular formula is C11H16ClNO. The van der Waals surface area contributed by atoms with Crippen molar-refractivity contribution in [3.05, 3.63) is 34.9 Å². The number of hydrogen-bond donors (Lipinski definition) is 1. The first-order chi connectivity index (χ1) is 6.49. The summed E-state index contributed by atoms with van der Waals surface area (Å²) in [6, 6.07) is 7.65. The van der Waals surface area contributed by atoms with E-state index in [1.165, 1.54) is 0 Å². The van der Waals surface area contributed by atoms with Gasteiger partial charge in [-0.2, -0.15) is 0 Å². The Labute approximate surface area is 90.0 Å². The summed E-state index contributed by atoms with van der Waals surface area (Å²) in [4.78, 5) is 0. The van der Waals surface area contributed by atoms with Crippen LogP contribution in [0.3, 0.4) is 0 Å². The Bertz CT molecular complexity index is 294. The molecule has 0 aliphatic rings. The Balaban J connectivity index is 2.43. The van der Waals surface area contributed by atoms with E-state index in [4.69, 9.17) is 22.1 Å². The zero-order valence-electron chi connectivity index (χ0n) is 8.59. The van der Waals surface area contributed by atoms with E-state index >= 15 is 0 Å². The van der Waals surface area contributed by atoms with Crippen LogP contribution in [0, 0.1) is 0 Å². The van der Waals surface area contributed by atoms with E-state index < -0.39 is 0 Å². The second-order valence-electron chi connectivity index (χ2n) is 4.07. The molecule has 78 valence electrons. The molecular weight excluding hydrogens is 198 g/mol. The van der Waals surface area contributed by atoms with Crippen LogP contribution in [0.25, 0.3) is 0 Å². The van der Waals surface area contributed by atoms with E-state index in [9.17, 15) is 0 Å². The van der Waals surface area contributed by atoms with E-state index in [0.29, 0.717) is 13.2 Å². The molecule has 0 heterocycles. The maximum Gasteiger partial charge on any atom is 0.0732 e. The number of hydrogen-bond acceptors (Lipinski definition) is 2. The summed E-state index contributed by atoms with van der Waals surface area (Å²) in [6.45, 7) is 4.90. The fraction of sp³-hybridized carbons (Fsp3) is 0.455. The van der Waals surface area contributed by atoms with Crippen molar-refractivity contribution in [1.29, 1.82) is 0 Å². The molecule has 1 aromatic carbocycles. The van der Waals surface area contributed by atoms with Crippen LogP contribution in [0.1, 0.15) is 19.4 Å². The summed E-state index contributed by atoms with van der Waals surface area (Å²) < 4.78 is 5.46. The lowest BCUT2D eigenvalue weighted by Gasteiger charge is -2.18. The van der Waals surface area contributed by atoms with Gasteiger partial charge >= 0.3 is 0 Å². The standard InChI is InChI=1S/C11H16ClNO/c1-11(2,13)8-14-7-9-5-3-4-6-10(9)12/h3-6H,7-8,13H2,1-2H3. The maximum absolute atomic E-state index is 5.96. The van der Waals surface area contributed by atoms with Crippen LogP contribution in [0.5, 0.6) is 0 Å². The summed E-state index contributed by atoms with van der Waals surface area (Å²) in [5.74, 6) is 0. The molecule has 14 heavy (non-hydrogen) atoms. The number of halogens is 1. The van der Waals surface area contributed by atoms with Crippen molar-refractivity contribution < 1.29 is 4.74 Å². The van der Waals surface area contributed by atoms with Crippen LogP contribution in [0.2, 0.25) is 5.02 Å². The van der Waals surface area contributed by atoms with Crippen LogP contribution in [0.4, 0.5) is 0 Å². The third-order valence-electron chi connectivity index (χ3n) is 1.69. The highest BCUT2D eigenvalue weighted by Gasteiger charge is 2.10. The van der Waals surface area contributed by atoms with Gasteiger partial charge in [-0.05, 0) is 25.5 Å². The van der Waals surface area contributed by atoms with Crippen molar-refractivity contribution in [3.8, 4) is 0 Å². The molecule has 2 N–H and O–H groups in total. The zero-order valence-corrected chi connectivity index (χ0v) is 9.34. The van der Waals surface area contributed by atoms with Gasteiger partial charge in [-0.3, -0.25) is 0 Å². The molecule has 0 bridgehead atoms. The third kappa shape index (κ3) is 4.09. The predicted octanol–water partition coefficient (Wildman–Crippen LogP) is 2.59. The highest BCUT2D eigenvalue weighted by Crippen LogP contribution is 2.16. The van der Waals surface area contributed by atoms with E-state index in [1.807, 2.05) is 38.1 Å². The van der Waals surface area contributed by atoms with E-state index in [2.05, 4.69) is 0 Å². The van der Waals surface area contributed by atoms with Gasteiger partial charge in [-0.15, -0.1) is 0 Å². The molecule has 0 saturated carbocycles. The van der Waals surface area contributed by atoms with Crippen molar-refractivity contribution in [1.82, 2.24) is 0 Å². The van der Waals surface area contributed by atoms with Crippen molar-refractivity contribution in [3.63, 3.8) is 0 Å². The number of rotatable bonds is 4. The highest BCUT2D eigenvalue weighted by atomic mass is 35.5. The van der Waals surface area contributed by atoms with Gasteiger partial charge in [0.1, 0.15) is 0 Å². The fourth-order valence-electron chi connectivity index (χ4n) is 1.04. The third-order valence-corrected chi connectivity index (χ3v) is 2.06. The van der Waals surface area contributed by atoms with E-state index in [0.717, 1.165) is 10.6 Å². The normalized spacial score (nSPS) is 11.7. The smallest absolute Gasteiger partial charge is 0.0732 e. The Morgan fingerprint density at radius 2 is 2.00 bits per heavy atom. The van der Waals surface area contributed by atoms with Crippen molar-refractivity contribution in [2.24, 2.45) is 5.73 Å². The van der Waals surface area contributed by atoms with E-state index in [-0.39, 0.29) is 5.54 Å². The van der Waals surface area contributed by atoms with Crippen LogP contribution in [-0.2, 0) is 11.3 Å². The molecule has 0 amide bonds. The quantitative estimate of drug-likeness (QED) is 0.835. The minimum atomic E-state index is -0.290. The second kappa shape index (κ2) is 4.78. The lowest BCUT2D eigenvalue weighted by Crippen LogP contribution is -2.37. The van der Waals surface area contributed by atoms with Crippen LogP contribution >= 0.6 is 11.6 Å². The fourth-order valence-corrected chi connectivity index (χ4v) is 1.23. The van der Waals surface area contributed by atoms with Gasteiger partial charge < -0.3 is 10.5 Å². The summed E-state index contributed by atoms with van der Waals surface area (Å²) in [7, 11) is 0. The topological polar surface area (TPSA) is 35.2 Å². The largest absolute Gasteiger partial charge is 0.375 e. The summed E-state index contributed by atoms with van der Waals surface area (Å²) in [6.07, 6.45) is 0. The first kappa shape index (κ1) is 11.5. The molecule has 0 unspecified atom stereocenters. The SMILES string of the molecule is CC(C)(N)COCc1ccccc1Cl. The van der Waals surface area contributed by atoms with Crippen LogP contribution < -0.4 is 5.73 Å². The number of nitrogens with two attached hydrogens (primary N) is 1. The molecule has 0 aromatic heterocycles. The Hall–Kier alpha value is -0.570. The predicted molar refractivity (Wildman–Crippen MR) is 59.4 cm³/mol. The van der Waals surface area contributed by atoms with Gasteiger partial charge in [-0.25, -0.2) is 0 Å². The Morgan fingerprint density at radius 1 is 1.36 bits per heavy atom. The zero-order chi connectivity index (χ0) is 10.6. The van der Waals surface area contributed by atoms with Gasteiger partial charge in [0.2, 0.25) is 0 Å². The Kier molecular flexibility index (Phi) is 3.93. The minimum Gasteiger partial charge on any atom is -0.375 e. The first-order valence-corrected chi connectivity index (χ1v) is 4.97. The molecule has 0 atom stereocenters. The molecule has 0 spiro atoms. The molecule has 0 aliphatic carbocycles. The van der Waals surface area contributed by atoms with E-state index in [1.54, 1.807) is 0 Å². The van der Waals surface area contributed by atoms with Crippen molar-refractivity contribution in [2.45, 2.75) is 26.0 Å². The van der Waals surface area contributed by atoms with Gasteiger partial charge in [0.05, 0.1) is 13.2 Å².